The van der Waals surface area contributed by atoms with Gasteiger partial charge in [-0.2, -0.15) is 0 Å². The molecule has 0 radical (unpaired) electrons. The summed E-state index contributed by atoms with van der Waals surface area (Å²) in [6, 6.07) is 14.1. The Morgan fingerprint density at radius 3 is 2.30 bits per heavy atom. The third-order valence-electron chi connectivity index (χ3n) is 9.75. The fourth-order valence-electron chi connectivity index (χ4n) is 6.73. The van der Waals surface area contributed by atoms with Crippen molar-refractivity contribution in [2.24, 2.45) is 11.7 Å². The smallest absolute Gasteiger partial charge is 0.292 e. The Balaban J connectivity index is 0.000000783. The van der Waals surface area contributed by atoms with E-state index in [-0.39, 0.29) is 23.8 Å². The molecule has 324 valence electrons. The van der Waals surface area contributed by atoms with E-state index in [0.717, 1.165) is 109 Å². The second-order valence-electron chi connectivity index (χ2n) is 14.9. The molecule has 6 N–H and O–H groups in total. The molecule has 1 fully saturated rings. The minimum atomic E-state index is -0.492. The lowest BCUT2D eigenvalue weighted by atomic mass is 9.99. The quantitative estimate of drug-likeness (QED) is 0.0638. The number of carbonyl (C=O) groups excluding carboxylic acids is 4. The molecule has 2 amide bonds. The highest BCUT2D eigenvalue weighted by Gasteiger charge is 2.36. The van der Waals surface area contributed by atoms with E-state index in [1.165, 1.54) is 26.2 Å². The SMILES string of the molecule is CCC.CNCC(=O)NCCCCc1ncc(-c2ccc(C#Cc3ccc4c(c3)CCCc3[nH]c(C5CCCN5C(=O)C(N)C(C)C)nc3-4)cc2)[nH]1.COC=O.COC=O. The third kappa shape index (κ3) is 14.8. The van der Waals surface area contributed by atoms with E-state index in [1.54, 1.807) is 7.05 Å². The fourth-order valence-corrected chi connectivity index (χ4v) is 6.73. The van der Waals surface area contributed by atoms with Crippen LogP contribution in [0.4, 0.5) is 0 Å². The Kier molecular flexibility index (Phi) is 21.3. The number of carbonyl (C=O) groups is 4. The molecule has 6 rings (SSSR count). The molecule has 2 atom stereocenters. The lowest BCUT2D eigenvalue weighted by molar-refractivity contribution is -0.134. The standard InChI is InChI=1S/C39H48N8O2.C3H8.2C2H4O2/c1-25(2)36(40)39(49)47-21-7-10-33(47)38-45-31-9-6-8-29-22-27(16-19-30(29)37(31)46-38)13-12-26-14-17-28(18-15-26)32-23-43-34(44-32)11-4-5-20-42-35(48)24-41-3;1-3-2;2*1-4-2-3/h14-19,22-23,25,33,36,41H,4-11,20-21,24,40H2,1-3H3,(H,42,48)(H,43,44)(H,45,46);3H2,1-2H3;2*2H,1H3. The number of likely N-dealkylation sites (tertiary alicyclic amines) is 1. The molecule has 14 nitrogen and oxygen atoms in total. The molecule has 0 spiro atoms. The summed E-state index contributed by atoms with van der Waals surface area (Å²) in [7, 11) is 4.39. The van der Waals surface area contributed by atoms with Gasteiger partial charge in [0.25, 0.3) is 12.9 Å². The zero-order valence-electron chi connectivity index (χ0n) is 36.4. The number of hydrogen-bond acceptors (Lipinski definition) is 10. The van der Waals surface area contributed by atoms with Crippen molar-refractivity contribution in [3.05, 3.63) is 82.7 Å². The van der Waals surface area contributed by atoms with Crippen molar-refractivity contribution in [3.8, 4) is 34.4 Å². The Bertz CT molecular complexity index is 1990. The number of aromatic nitrogens is 4. The van der Waals surface area contributed by atoms with E-state index >= 15 is 0 Å². The zero-order valence-corrected chi connectivity index (χ0v) is 36.4. The fraction of sp³-hybridized carbons (Fsp3) is 0.478. The number of methoxy groups -OCH3 is 2. The maximum Gasteiger partial charge on any atom is 0.292 e. The first-order chi connectivity index (χ1) is 29.0. The predicted molar refractivity (Wildman–Crippen MR) is 235 cm³/mol. The monoisotopic (exact) mass is 824 g/mol. The first-order valence-electron chi connectivity index (χ1n) is 20.8. The number of amides is 2. The van der Waals surface area contributed by atoms with Gasteiger partial charge in [0.15, 0.2) is 0 Å². The van der Waals surface area contributed by atoms with Crippen LogP contribution < -0.4 is 16.4 Å². The highest BCUT2D eigenvalue weighted by atomic mass is 16.5. The van der Waals surface area contributed by atoms with Crippen LogP contribution in [0.5, 0.6) is 0 Å². The number of aryl methyl sites for hydroxylation is 3. The van der Waals surface area contributed by atoms with E-state index in [2.05, 4.69) is 91.1 Å². The average Bonchev–Trinajstić information content (AvgIpc) is 4.02. The molecule has 3 heterocycles. The predicted octanol–water partition coefficient (Wildman–Crippen LogP) is 5.66. The van der Waals surface area contributed by atoms with Crippen LogP contribution in [0.3, 0.4) is 0 Å². The Labute approximate surface area is 355 Å². The number of benzene rings is 2. The molecule has 1 saturated heterocycles. The van der Waals surface area contributed by atoms with Crippen molar-refractivity contribution in [2.45, 2.75) is 97.6 Å². The molecular weight excluding hydrogens is 761 g/mol. The number of rotatable bonds is 13. The number of fused-ring (bicyclic) bond motifs is 3. The second-order valence-corrected chi connectivity index (χ2v) is 14.9. The lowest BCUT2D eigenvalue weighted by Crippen LogP contribution is -2.46. The van der Waals surface area contributed by atoms with Gasteiger partial charge < -0.3 is 40.7 Å². The van der Waals surface area contributed by atoms with Gasteiger partial charge in [-0.15, -0.1) is 0 Å². The highest BCUT2D eigenvalue weighted by Crippen LogP contribution is 2.37. The van der Waals surface area contributed by atoms with Crippen molar-refractivity contribution in [1.29, 1.82) is 0 Å². The van der Waals surface area contributed by atoms with Gasteiger partial charge in [0.05, 0.1) is 50.4 Å². The molecule has 60 heavy (non-hydrogen) atoms. The van der Waals surface area contributed by atoms with Crippen LogP contribution in [0.15, 0.2) is 48.7 Å². The maximum atomic E-state index is 13.2. The van der Waals surface area contributed by atoms with Crippen molar-refractivity contribution >= 4 is 24.8 Å². The van der Waals surface area contributed by atoms with E-state index < -0.39 is 6.04 Å². The van der Waals surface area contributed by atoms with Crippen molar-refractivity contribution in [1.82, 2.24) is 35.5 Å². The van der Waals surface area contributed by atoms with Crippen LogP contribution >= 0.6 is 0 Å². The topological polar surface area (TPSA) is 197 Å². The summed E-state index contributed by atoms with van der Waals surface area (Å²) >= 11 is 0. The number of aromatic amines is 2. The molecule has 0 bridgehead atoms. The largest absolute Gasteiger partial charge is 0.471 e. The first kappa shape index (κ1) is 48.6. The normalized spacial score (nSPS) is 14.1. The zero-order chi connectivity index (χ0) is 43.9. The summed E-state index contributed by atoms with van der Waals surface area (Å²) in [6.07, 6.45) is 10.6. The van der Waals surface area contributed by atoms with Gasteiger partial charge in [0, 0.05) is 41.9 Å². The third-order valence-corrected chi connectivity index (χ3v) is 9.75. The van der Waals surface area contributed by atoms with Gasteiger partial charge in [-0.1, -0.05) is 64.2 Å². The van der Waals surface area contributed by atoms with Gasteiger partial charge in [-0.05, 0) is 93.3 Å². The average molecular weight is 825 g/mol. The molecule has 4 aromatic rings. The van der Waals surface area contributed by atoms with Gasteiger partial charge in [-0.3, -0.25) is 19.2 Å². The minimum absolute atomic E-state index is 0.0183. The molecule has 1 aliphatic heterocycles. The summed E-state index contributed by atoms with van der Waals surface area (Å²) in [5.41, 5.74) is 14.8. The first-order valence-corrected chi connectivity index (χ1v) is 20.8. The Morgan fingerprint density at radius 2 is 1.65 bits per heavy atom. The molecule has 2 unspecified atom stereocenters. The summed E-state index contributed by atoms with van der Waals surface area (Å²) in [6.45, 7) is 10.7. The van der Waals surface area contributed by atoms with E-state index in [9.17, 15) is 9.59 Å². The summed E-state index contributed by atoms with van der Waals surface area (Å²) in [5.74, 6) is 8.67. The molecular formula is C46H64N8O6. The van der Waals surface area contributed by atoms with Gasteiger partial charge in [0.1, 0.15) is 11.6 Å². The summed E-state index contributed by atoms with van der Waals surface area (Å²) in [4.78, 5) is 61.2. The maximum absolute atomic E-state index is 13.2. The number of H-pyrrole nitrogens is 2. The summed E-state index contributed by atoms with van der Waals surface area (Å²) < 4.78 is 7.72. The number of hydrogen-bond donors (Lipinski definition) is 5. The van der Waals surface area contributed by atoms with Gasteiger partial charge in [0.2, 0.25) is 11.8 Å². The van der Waals surface area contributed by atoms with Crippen LogP contribution in [0.2, 0.25) is 0 Å². The lowest BCUT2D eigenvalue weighted by Gasteiger charge is -2.27. The van der Waals surface area contributed by atoms with Crippen molar-refractivity contribution in [3.63, 3.8) is 0 Å². The molecule has 14 heteroatoms. The molecule has 1 aliphatic carbocycles. The van der Waals surface area contributed by atoms with Gasteiger partial charge in [-0.25, -0.2) is 9.97 Å². The number of nitrogens with zero attached hydrogens (tertiary/aromatic N) is 3. The van der Waals surface area contributed by atoms with Crippen LogP contribution in [0.1, 0.15) is 106 Å². The molecule has 2 aromatic heterocycles. The van der Waals surface area contributed by atoms with E-state index in [4.69, 9.17) is 20.3 Å². The number of unbranched alkanes of at least 4 members (excludes halogenated alkanes) is 1. The molecule has 0 saturated carbocycles. The minimum Gasteiger partial charge on any atom is -0.471 e. The highest BCUT2D eigenvalue weighted by molar-refractivity contribution is 5.82. The summed E-state index contributed by atoms with van der Waals surface area (Å²) in [5, 5.41) is 5.76. The van der Waals surface area contributed by atoms with Crippen LogP contribution in [0, 0.1) is 17.8 Å². The van der Waals surface area contributed by atoms with Crippen LogP contribution in [-0.2, 0) is 47.9 Å². The Hall–Kier alpha value is -5.78. The second kappa shape index (κ2) is 26.3. The number of imidazole rings is 2. The van der Waals surface area contributed by atoms with Crippen molar-refractivity contribution < 1.29 is 28.7 Å². The number of nitrogens with two attached hydrogens (primary N) is 1. The van der Waals surface area contributed by atoms with E-state index in [1.807, 2.05) is 37.1 Å². The van der Waals surface area contributed by atoms with E-state index in [0.29, 0.717) is 26.0 Å². The van der Waals surface area contributed by atoms with Gasteiger partial charge >= 0.3 is 0 Å². The van der Waals surface area contributed by atoms with Crippen LogP contribution in [0.25, 0.3) is 22.5 Å². The Morgan fingerprint density at radius 1 is 0.983 bits per heavy atom. The van der Waals surface area contributed by atoms with Crippen LogP contribution in [-0.4, -0.2) is 96.5 Å². The number of likely N-dealkylation sites (N-methyl/N-ethyl adjacent to an activating group) is 1. The molecule has 2 aliphatic rings. The van der Waals surface area contributed by atoms with Crippen molar-refractivity contribution in [2.75, 3.05) is 40.9 Å². The number of ether oxygens (including phenoxy) is 2. The molecule has 2 aromatic carbocycles. The number of nitrogens with one attached hydrogen (secondary N) is 4.